The largest absolute Gasteiger partial charge is 0.313 e. The minimum Gasteiger partial charge on any atom is -0.313 e. The topological polar surface area (TPSA) is 4.93 Å². The Morgan fingerprint density at radius 2 is 2.12 bits per heavy atom. The van der Waals surface area contributed by atoms with Crippen LogP contribution in [0.5, 0.6) is 0 Å². The van der Waals surface area contributed by atoms with Crippen molar-refractivity contribution in [1.29, 1.82) is 0 Å². The van der Waals surface area contributed by atoms with Crippen LogP contribution in [0.4, 0.5) is 0 Å². The Bertz CT molecular complexity index is 647. The second-order valence-electron chi connectivity index (χ2n) is 4.25. The first-order valence-corrected chi connectivity index (χ1v) is 6.60. The molecule has 2 aromatic rings. The number of rotatable bonds is 0. The van der Waals surface area contributed by atoms with Gasteiger partial charge < -0.3 is 4.57 Å². The number of hydrogen-bond donors (Lipinski definition) is 0. The van der Waals surface area contributed by atoms with Crippen molar-refractivity contribution in [2.75, 3.05) is 0 Å². The lowest BCUT2D eigenvalue weighted by Gasteiger charge is -2.07. The van der Waals surface area contributed by atoms with Gasteiger partial charge in [0.05, 0.1) is 9.13 Å². The van der Waals surface area contributed by atoms with E-state index in [9.17, 15) is 0 Å². The highest BCUT2D eigenvalue weighted by atomic mass is 28.2. The third-order valence-electron chi connectivity index (χ3n) is 3.31. The van der Waals surface area contributed by atoms with Crippen LogP contribution in [0.15, 0.2) is 36.4 Å². The molecule has 1 aromatic heterocycles. The molecule has 3 heterocycles. The van der Waals surface area contributed by atoms with Crippen molar-refractivity contribution < 1.29 is 0 Å². The molecule has 4 rings (SSSR count). The maximum absolute atomic E-state index is 2.42. The van der Waals surface area contributed by atoms with Gasteiger partial charge in [-0.1, -0.05) is 29.9 Å². The molecule has 0 saturated heterocycles. The first-order valence-electron chi connectivity index (χ1n) is 5.53. The summed E-state index contributed by atoms with van der Waals surface area (Å²) in [6, 6.07) is 11.1. The summed E-state index contributed by atoms with van der Waals surface area (Å²) in [5.41, 5.74) is 7.91. The molecule has 0 N–H and O–H groups in total. The summed E-state index contributed by atoms with van der Waals surface area (Å²) in [5, 5.41) is 1.49. The van der Waals surface area contributed by atoms with E-state index in [1.54, 1.807) is 0 Å². The van der Waals surface area contributed by atoms with Gasteiger partial charge in [0.1, 0.15) is 0 Å². The number of nitrogens with zero attached hydrogens (tertiary/aromatic N) is 1. The van der Waals surface area contributed by atoms with Crippen LogP contribution >= 0.6 is 0 Å². The molecule has 0 saturated carbocycles. The summed E-state index contributed by atoms with van der Waals surface area (Å²) in [5.74, 6) is 0. The summed E-state index contributed by atoms with van der Waals surface area (Å²) in [6.45, 7) is 0. The molecule has 1 radical (unpaired) electrons. The molecule has 2 heteroatoms. The van der Waals surface area contributed by atoms with Gasteiger partial charge in [0.2, 0.25) is 0 Å². The Hall–Kier alpha value is -1.67. The smallest absolute Gasteiger partial charge is 0.0626 e. The van der Waals surface area contributed by atoms with E-state index in [-0.39, 0.29) is 0 Å². The predicted octanol–water partition coefficient (Wildman–Crippen LogP) is 1.54. The first kappa shape index (κ1) is 8.48. The fourth-order valence-electron chi connectivity index (χ4n) is 2.63. The molecular weight excluding hydrogens is 210 g/mol. The van der Waals surface area contributed by atoms with Crippen molar-refractivity contribution in [1.82, 2.24) is 4.57 Å². The van der Waals surface area contributed by atoms with E-state index < -0.39 is 0 Å². The zero-order valence-electron chi connectivity index (χ0n) is 8.77. The highest BCUT2D eigenvalue weighted by Gasteiger charge is 2.22. The van der Waals surface area contributed by atoms with Gasteiger partial charge in [0.15, 0.2) is 0 Å². The minimum absolute atomic E-state index is 0.832. The second-order valence-corrected chi connectivity index (χ2v) is 5.41. The summed E-state index contributed by atoms with van der Waals surface area (Å²) >= 11 is 0. The zero-order valence-corrected chi connectivity index (χ0v) is 9.77. The van der Waals surface area contributed by atoms with Crippen LogP contribution in [0.1, 0.15) is 17.0 Å². The second kappa shape index (κ2) is 2.92. The standard InChI is InChI=1S/C14H10NSi/c1-2-5-12-10(4-1)8-11-9-14-13(15(11)12)6-3-7-16-14/h1-7,9H,8H2. The number of hydrogen-bond acceptors (Lipinski definition) is 0. The average Bonchev–Trinajstić information content (AvgIpc) is 2.83. The quantitative estimate of drug-likeness (QED) is 0.506. The van der Waals surface area contributed by atoms with Crippen molar-refractivity contribution in [3.05, 3.63) is 53.4 Å². The van der Waals surface area contributed by atoms with E-state index in [2.05, 4.69) is 52.7 Å². The molecule has 0 bridgehead atoms. The van der Waals surface area contributed by atoms with Gasteiger partial charge in [-0.2, -0.15) is 0 Å². The van der Waals surface area contributed by atoms with Crippen molar-refractivity contribution in [3.63, 3.8) is 0 Å². The number of para-hydroxylation sites is 1. The molecule has 0 fully saturated rings. The van der Waals surface area contributed by atoms with E-state index in [1.807, 2.05) is 0 Å². The fourth-order valence-corrected chi connectivity index (χ4v) is 3.59. The van der Waals surface area contributed by atoms with E-state index >= 15 is 0 Å². The lowest BCUT2D eigenvalue weighted by Crippen LogP contribution is -2.14. The van der Waals surface area contributed by atoms with Gasteiger partial charge in [0.25, 0.3) is 0 Å². The minimum atomic E-state index is 0.832. The highest BCUT2D eigenvalue weighted by molar-refractivity contribution is 6.64. The normalized spacial score (nSPS) is 14.8. The summed E-state index contributed by atoms with van der Waals surface area (Å²) in [7, 11) is 0.832. The molecule has 0 atom stereocenters. The molecule has 1 aromatic carbocycles. The number of allylic oxidation sites excluding steroid dienone is 1. The van der Waals surface area contributed by atoms with Gasteiger partial charge in [-0.05, 0) is 29.0 Å². The van der Waals surface area contributed by atoms with Crippen molar-refractivity contribution >= 4 is 26.1 Å². The molecule has 16 heavy (non-hydrogen) atoms. The van der Waals surface area contributed by atoms with E-state index in [1.165, 1.54) is 27.8 Å². The molecule has 1 nitrogen and oxygen atoms in total. The predicted molar refractivity (Wildman–Crippen MR) is 69.1 cm³/mol. The molecule has 0 amide bonds. The Labute approximate surface area is 96.5 Å². The van der Waals surface area contributed by atoms with Crippen LogP contribution in [0.3, 0.4) is 0 Å². The average molecular weight is 220 g/mol. The SMILES string of the molecule is C1=Cc2c(cc3n2-c2ccccc2C3)[Si]=C1. The van der Waals surface area contributed by atoms with Crippen molar-refractivity contribution in [3.8, 4) is 5.69 Å². The van der Waals surface area contributed by atoms with Crippen LogP contribution in [0.2, 0.25) is 0 Å². The Morgan fingerprint density at radius 1 is 1.19 bits per heavy atom. The highest BCUT2D eigenvalue weighted by Crippen LogP contribution is 2.29. The Morgan fingerprint density at radius 3 is 3.12 bits per heavy atom. The lowest BCUT2D eigenvalue weighted by molar-refractivity contribution is 1.04. The third-order valence-corrected chi connectivity index (χ3v) is 4.38. The van der Waals surface area contributed by atoms with Crippen LogP contribution in [0.25, 0.3) is 11.8 Å². The number of fused-ring (bicyclic) bond motifs is 5. The fraction of sp³-hybridized carbons (Fsp3) is 0.0714. The van der Waals surface area contributed by atoms with Crippen molar-refractivity contribution in [2.24, 2.45) is 0 Å². The molecular formula is C14H10NSi. The third kappa shape index (κ3) is 0.972. The lowest BCUT2D eigenvalue weighted by atomic mass is 10.1. The number of benzene rings is 1. The number of aromatic nitrogens is 1. The molecule has 0 unspecified atom stereocenters. The Kier molecular flexibility index (Phi) is 1.55. The summed E-state index contributed by atoms with van der Waals surface area (Å²) in [6.07, 6.45) is 5.49. The monoisotopic (exact) mass is 220 g/mol. The van der Waals surface area contributed by atoms with Gasteiger partial charge in [-0.25, -0.2) is 0 Å². The van der Waals surface area contributed by atoms with Gasteiger partial charge in [0, 0.05) is 23.5 Å². The molecule has 0 aliphatic carbocycles. The summed E-state index contributed by atoms with van der Waals surface area (Å²) in [4.78, 5) is 0. The van der Waals surface area contributed by atoms with Crippen LogP contribution in [0, 0.1) is 0 Å². The molecule has 75 valence electrons. The Balaban J connectivity index is 2.07. The van der Waals surface area contributed by atoms with Crippen LogP contribution in [-0.4, -0.2) is 19.4 Å². The maximum atomic E-state index is 2.42. The van der Waals surface area contributed by atoms with E-state index in [0.717, 1.165) is 15.6 Å². The first-order chi connectivity index (χ1) is 7.93. The molecule has 2 aliphatic rings. The van der Waals surface area contributed by atoms with Crippen LogP contribution in [-0.2, 0) is 6.42 Å². The van der Waals surface area contributed by atoms with Crippen LogP contribution < -0.4 is 5.19 Å². The van der Waals surface area contributed by atoms with E-state index in [4.69, 9.17) is 0 Å². The zero-order chi connectivity index (χ0) is 10.5. The van der Waals surface area contributed by atoms with Gasteiger partial charge in [-0.15, -0.1) is 0 Å². The van der Waals surface area contributed by atoms with Gasteiger partial charge >= 0.3 is 0 Å². The maximum Gasteiger partial charge on any atom is 0.0626 e. The summed E-state index contributed by atoms with van der Waals surface area (Å²) < 4.78 is 2.42. The van der Waals surface area contributed by atoms with Crippen molar-refractivity contribution in [2.45, 2.75) is 6.42 Å². The van der Waals surface area contributed by atoms with Gasteiger partial charge in [-0.3, -0.25) is 0 Å². The van der Waals surface area contributed by atoms with E-state index in [0.29, 0.717) is 0 Å². The molecule has 0 spiro atoms. The molecule has 2 aliphatic heterocycles.